The number of rotatable bonds is 6. The highest BCUT2D eigenvalue weighted by Crippen LogP contribution is 2.27. The van der Waals surface area contributed by atoms with Crippen LogP contribution in [0.5, 0.6) is 0 Å². The third-order valence-corrected chi connectivity index (χ3v) is 4.88. The van der Waals surface area contributed by atoms with Gasteiger partial charge in [0.25, 0.3) is 0 Å². The Morgan fingerprint density at radius 1 is 1.26 bits per heavy atom. The average Bonchev–Trinajstić information content (AvgIpc) is 3.02. The number of hydrogen-bond acceptors (Lipinski definition) is 7. The molecule has 0 bridgehead atoms. The zero-order valence-electron chi connectivity index (χ0n) is 17.2. The fraction of sp³-hybridized carbons (Fsp3) is 0.182. The van der Waals surface area contributed by atoms with Crippen molar-refractivity contribution in [1.29, 1.82) is 0 Å². The molecule has 3 rings (SSSR count). The molecule has 0 unspecified atom stereocenters. The smallest absolute Gasteiger partial charge is 0.230 e. The van der Waals surface area contributed by atoms with Gasteiger partial charge in [0, 0.05) is 23.5 Å². The number of Topliss-reactive ketones (excluding diaryl/α,β-unsaturated/α-hetero) is 2. The minimum absolute atomic E-state index is 0.218. The quantitative estimate of drug-likeness (QED) is 0.422. The van der Waals surface area contributed by atoms with Crippen LogP contribution in [0.15, 0.2) is 58.0 Å². The van der Waals surface area contributed by atoms with Crippen LogP contribution in [-0.2, 0) is 9.63 Å². The molecule has 0 atom stereocenters. The highest BCUT2D eigenvalue weighted by molar-refractivity contribution is 6.49. The molecule has 0 amide bonds. The predicted octanol–water partition coefficient (Wildman–Crippen LogP) is 3.36. The van der Waals surface area contributed by atoms with Gasteiger partial charge in [-0.1, -0.05) is 28.9 Å². The average molecular weight is 438 g/mol. The van der Waals surface area contributed by atoms with Crippen molar-refractivity contribution in [3.63, 3.8) is 0 Å². The number of carbonyl (C=O) groups is 2. The van der Waals surface area contributed by atoms with Crippen LogP contribution in [0.25, 0.3) is 5.70 Å². The molecular weight excluding hydrogens is 418 g/mol. The van der Waals surface area contributed by atoms with E-state index in [0.29, 0.717) is 16.8 Å². The van der Waals surface area contributed by atoms with Crippen LogP contribution in [0, 0.1) is 6.92 Å². The second kappa shape index (κ2) is 9.01. The lowest BCUT2D eigenvalue weighted by Gasteiger charge is -2.12. The maximum Gasteiger partial charge on any atom is 0.230 e. The van der Waals surface area contributed by atoms with E-state index in [-0.39, 0.29) is 22.1 Å². The molecule has 31 heavy (non-hydrogen) atoms. The van der Waals surface area contributed by atoms with E-state index < -0.39 is 11.4 Å². The van der Waals surface area contributed by atoms with Crippen LogP contribution in [0.1, 0.15) is 40.9 Å². The van der Waals surface area contributed by atoms with E-state index in [9.17, 15) is 9.59 Å². The molecular formula is C22H20ClN5O3. The van der Waals surface area contributed by atoms with Crippen molar-refractivity contribution in [2.75, 3.05) is 0 Å². The monoisotopic (exact) mass is 437 g/mol. The lowest BCUT2D eigenvalue weighted by atomic mass is 9.93. The van der Waals surface area contributed by atoms with Crippen LogP contribution in [0.2, 0.25) is 5.02 Å². The zero-order valence-corrected chi connectivity index (χ0v) is 17.9. The molecule has 158 valence electrons. The first-order chi connectivity index (χ1) is 14.7. The number of oxime groups is 1. The van der Waals surface area contributed by atoms with Crippen molar-refractivity contribution in [3.05, 3.63) is 70.1 Å². The van der Waals surface area contributed by atoms with Gasteiger partial charge in [0.1, 0.15) is 0 Å². The Kier molecular flexibility index (Phi) is 6.41. The summed E-state index contributed by atoms with van der Waals surface area (Å²) in [6.07, 6.45) is 6.52. The molecule has 0 aliphatic carbocycles. The van der Waals surface area contributed by atoms with E-state index in [4.69, 9.17) is 22.2 Å². The van der Waals surface area contributed by atoms with Crippen LogP contribution in [0.4, 0.5) is 0 Å². The standard InChI is InChI=1S/C22H20ClN5O3/c1-13-4-5-14(20-21(30)22(2,3)31-28-20)8-15(13)18(10-26-12-24)27-11-19(29)16-9-25-7-6-17(16)23/h4-12H,1-3H3,(H2,24,26)/b18-10-,27-11?. The topological polar surface area (TPSA) is 119 Å². The van der Waals surface area contributed by atoms with Crippen molar-refractivity contribution in [2.45, 2.75) is 26.4 Å². The molecule has 0 saturated carbocycles. The number of aryl methyl sites for hydroxylation is 1. The number of halogens is 1. The number of aromatic nitrogens is 1. The van der Waals surface area contributed by atoms with Crippen molar-refractivity contribution in [2.24, 2.45) is 20.9 Å². The molecule has 2 N–H and O–H groups in total. The summed E-state index contributed by atoms with van der Waals surface area (Å²) >= 11 is 6.06. The number of nitrogens with zero attached hydrogens (tertiary/aromatic N) is 4. The Hall–Kier alpha value is -3.65. The van der Waals surface area contributed by atoms with Gasteiger partial charge in [-0.25, -0.2) is 4.99 Å². The number of aliphatic imine (C=N–C) groups is 2. The maximum absolute atomic E-state index is 12.6. The lowest BCUT2D eigenvalue weighted by Crippen LogP contribution is -2.33. The molecule has 0 radical (unpaired) electrons. The van der Waals surface area contributed by atoms with E-state index in [1.54, 1.807) is 26.0 Å². The van der Waals surface area contributed by atoms with Crippen molar-refractivity contribution >= 4 is 47.1 Å². The molecule has 1 aliphatic rings. The molecule has 1 aromatic carbocycles. The number of ketones is 2. The van der Waals surface area contributed by atoms with Gasteiger partial charge in [0.05, 0.1) is 35.0 Å². The van der Waals surface area contributed by atoms with Crippen LogP contribution < -0.4 is 5.73 Å². The SMILES string of the molecule is Cc1ccc(C2=NOC(C)(C)C2=O)cc1/C(=C/N=CN)N=CC(=O)c1cnccc1Cl. The molecule has 1 aliphatic heterocycles. The lowest BCUT2D eigenvalue weighted by molar-refractivity contribution is -0.128. The zero-order chi connectivity index (χ0) is 22.6. The molecule has 2 aromatic rings. The molecule has 0 spiro atoms. The Morgan fingerprint density at radius 3 is 2.68 bits per heavy atom. The fourth-order valence-corrected chi connectivity index (χ4v) is 3.00. The first-order valence-electron chi connectivity index (χ1n) is 9.28. The number of nitrogens with two attached hydrogens (primary N) is 1. The Morgan fingerprint density at radius 2 is 2.03 bits per heavy atom. The highest BCUT2D eigenvalue weighted by atomic mass is 35.5. The molecule has 0 fully saturated rings. The summed E-state index contributed by atoms with van der Waals surface area (Å²) in [5.74, 6) is -0.641. The van der Waals surface area contributed by atoms with Crippen LogP contribution in [-0.4, -0.2) is 40.4 Å². The van der Waals surface area contributed by atoms with Gasteiger partial charge in [-0.3, -0.25) is 19.6 Å². The fourth-order valence-electron chi connectivity index (χ4n) is 2.80. The van der Waals surface area contributed by atoms with Gasteiger partial charge in [0.2, 0.25) is 11.6 Å². The van der Waals surface area contributed by atoms with Gasteiger partial charge in [-0.15, -0.1) is 0 Å². The Balaban J connectivity index is 1.99. The van der Waals surface area contributed by atoms with E-state index in [1.165, 1.54) is 24.7 Å². The Labute approximate surface area is 184 Å². The van der Waals surface area contributed by atoms with E-state index in [2.05, 4.69) is 20.1 Å². The third-order valence-electron chi connectivity index (χ3n) is 4.55. The van der Waals surface area contributed by atoms with Gasteiger partial charge in [0.15, 0.2) is 11.3 Å². The number of hydrogen-bond donors (Lipinski definition) is 1. The molecule has 1 aromatic heterocycles. The molecule has 0 saturated heterocycles. The van der Waals surface area contributed by atoms with Crippen molar-refractivity contribution in [1.82, 2.24) is 4.98 Å². The second-order valence-corrected chi connectivity index (χ2v) is 7.60. The summed E-state index contributed by atoms with van der Waals surface area (Å²) in [5, 5.41) is 4.21. The summed E-state index contributed by atoms with van der Waals surface area (Å²) in [6, 6.07) is 6.86. The normalized spacial score (nSPS) is 16.1. The van der Waals surface area contributed by atoms with Gasteiger partial charge in [-0.05, 0) is 38.5 Å². The van der Waals surface area contributed by atoms with Crippen LogP contribution in [0.3, 0.4) is 0 Å². The second-order valence-electron chi connectivity index (χ2n) is 7.19. The summed E-state index contributed by atoms with van der Waals surface area (Å²) in [7, 11) is 0. The van der Waals surface area contributed by atoms with Crippen molar-refractivity contribution < 1.29 is 14.4 Å². The molecule has 2 heterocycles. The van der Waals surface area contributed by atoms with E-state index >= 15 is 0 Å². The molecule has 8 nitrogen and oxygen atoms in total. The summed E-state index contributed by atoms with van der Waals surface area (Å²) in [4.78, 5) is 42.5. The van der Waals surface area contributed by atoms with Crippen molar-refractivity contribution in [3.8, 4) is 0 Å². The summed E-state index contributed by atoms with van der Waals surface area (Å²) < 4.78 is 0. The molecule has 9 heteroatoms. The predicted molar refractivity (Wildman–Crippen MR) is 121 cm³/mol. The van der Waals surface area contributed by atoms with Crippen LogP contribution >= 0.6 is 11.6 Å². The van der Waals surface area contributed by atoms with E-state index in [1.807, 2.05) is 13.0 Å². The number of benzene rings is 1. The first kappa shape index (κ1) is 22.0. The number of carbonyl (C=O) groups excluding carboxylic acids is 2. The Bertz CT molecular complexity index is 1170. The largest absolute Gasteiger partial charge is 0.390 e. The minimum atomic E-state index is -1.02. The van der Waals surface area contributed by atoms with Gasteiger partial charge in [-0.2, -0.15) is 0 Å². The van der Waals surface area contributed by atoms with Gasteiger partial charge < -0.3 is 10.6 Å². The third kappa shape index (κ3) is 4.75. The highest BCUT2D eigenvalue weighted by Gasteiger charge is 2.40. The first-order valence-corrected chi connectivity index (χ1v) is 9.66. The van der Waals surface area contributed by atoms with E-state index in [0.717, 1.165) is 18.1 Å². The minimum Gasteiger partial charge on any atom is -0.390 e. The number of pyridine rings is 1. The van der Waals surface area contributed by atoms with Gasteiger partial charge >= 0.3 is 0 Å². The summed E-state index contributed by atoms with van der Waals surface area (Å²) in [5.41, 5.74) is 7.22. The maximum atomic E-state index is 12.6. The summed E-state index contributed by atoms with van der Waals surface area (Å²) in [6.45, 7) is 5.18.